The minimum absolute atomic E-state index is 0.0474. The first-order valence-electron chi connectivity index (χ1n) is 17.2. The normalized spacial score (nSPS) is 19.4. The van der Waals surface area contributed by atoms with Crippen molar-refractivity contribution in [2.75, 3.05) is 0 Å². The van der Waals surface area contributed by atoms with Crippen molar-refractivity contribution in [3.05, 3.63) is 180 Å². The van der Waals surface area contributed by atoms with Gasteiger partial charge in [0.25, 0.3) is 0 Å². The predicted molar refractivity (Wildman–Crippen MR) is 215 cm³/mol. The van der Waals surface area contributed by atoms with Gasteiger partial charge >= 0.3 is 0 Å². The third-order valence-electron chi connectivity index (χ3n) is 10.3. The number of thiophene rings is 2. The van der Waals surface area contributed by atoms with E-state index in [1.165, 1.54) is 51.5 Å². The molecule has 1 N–H and O–H groups in total. The summed E-state index contributed by atoms with van der Waals surface area (Å²) < 4.78 is 12.0. The topological polar surface area (TPSA) is 46.0 Å². The van der Waals surface area contributed by atoms with Gasteiger partial charge in [0.05, 0.1) is 0 Å². The van der Waals surface area contributed by atoms with E-state index < -0.39 is 0 Å². The van der Waals surface area contributed by atoms with Crippen molar-refractivity contribution in [2.45, 2.75) is 18.2 Å². The van der Waals surface area contributed by atoms with Crippen molar-refractivity contribution in [3.63, 3.8) is 0 Å². The molecule has 8 aromatic rings. The zero-order chi connectivity index (χ0) is 33.5. The molecule has 1 aliphatic carbocycles. The molecule has 4 heterocycles. The average Bonchev–Trinajstić information content (AvgIpc) is 3.88. The number of allylic oxidation sites excluding steroid dienone is 2. The van der Waals surface area contributed by atoms with Gasteiger partial charge in [-0.25, -0.2) is 9.98 Å². The van der Waals surface area contributed by atoms with Gasteiger partial charge in [0.15, 0.2) is 6.17 Å². The van der Waals surface area contributed by atoms with Gasteiger partial charge in [0.2, 0.25) is 0 Å². The molecule has 11 rings (SSSR count). The van der Waals surface area contributed by atoms with Crippen molar-refractivity contribution in [1.29, 1.82) is 0 Å². The summed E-state index contributed by atoms with van der Waals surface area (Å²) >= 11 is 3.67. The molecule has 0 fully saturated rings. The number of ether oxygens (including phenoxy) is 1. The summed E-state index contributed by atoms with van der Waals surface area (Å²) in [5.74, 6) is 2.57. The van der Waals surface area contributed by atoms with Crippen molar-refractivity contribution < 1.29 is 4.74 Å². The maximum Gasteiger partial charge on any atom is 0.169 e. The molecule has 3 unspecified atom stereocenters. The van der Waals surface area contributed by atoms with Gasteiger partial charge in [-0.15, -0.1) is 22.7 Å². The number of fused-ring (bicyclic) bond motifs is 9. The molecular weight excluding hydrogens is 663 g/mol. The van der Waals surface area contributed by atoms with E-state index in [0.717, 1.165) is 39.7 Å². The highest BCUT2D eigenvalue weighted by Crippen LogP contribution is 2.48. The zero-order valence-electron chi connectivity index (χ0n) is 27.3. The smallest absolute Gasteiger partial charge is 0.169 e. The third-order valence-corrected chi connectivity index (χ3v) is 12.6. The van der Waals surface area contributed by atoms with Crippen LogP contribution in [0.1, 0.15) is 39.9 Å². The predicted octanol–water partition coefficient (Wildman–Crippen LogP) is 11.4. The zero-order valence-corrected chi connectivity index (χ0v) is 28.9. The van der Waals surface area contributed by atoms with E-state index in [1.807, 2.05) is 28.7 Å². The van der Waals surface area contributed by atoms with Crippen LogP contribution in [0, 0.1) is 0 Å². The van der Waals surface area contributed by atoms with Gasteiger partial charge in [-0.05, 0) is 41.5 Å². The monoisotopic (exact) mass is 691 g/mol. The Hall–Kier alpha value is -5.82. The van der Waals surface area contributed by atoms with E-state index >= 15 is 0 Å². The molecule has 0 saturated carbocycles. The molecule has 2 aromatic heterocycles. The molecule has 0 saturated heterocycles. The third kappa shape index (κ3) is 4.64. The number of nitrogens with zero attached hydrogens (tertiary/aromatic N) is 2. The quantitative estimate of drug-likeness (QED) is 0.200. The van der Waals surface area contributed by atoms with Crippen LogP contribution in [0.3, 0.4) is 0 Å². The van der Waals surface area contributed by atoms with Gasteiger partial charge < -0.3 is 10.1 Å². The number of rotatable bonds is 4. The van der Waals surface area contributed by atoms with Crippen LogP contribution in [-0.4, -0.2) is 17.8 Å². The molecule has 6 aromatic carbocycles. The number of amidine groups is 2. The maximum atomic E-state index is 6.85. The Morgan fingerprint density at radius 3 is 1.98 bits per heavy atom. The summed E-state index contributed by atoms with van der Waals surface area (Å²) in [6.07, 6.45) is 6.18. The lowest BCUT2D eigenvalue weighted by molar-refractivity contribution is 0.278. The van der Waals surface area contributed by atoms with Gasteiger partial charge in [0, 0.05) is 68.5 Å². The molecular formula is C45H29N3OS2. The Labute approximate surface area is 302 Å². The molecule has 51 heavy (non-hydrogen) atoms. The second kappa shape index (κ2) is 11.4. The molecule has 3 atom stereocenters. The molecule has 0 bridgehead atoms. The summed E-state index contributed by atoms with van der Waals surface area (Å²) in [4.78, 5) is 10.5. The first-order valence-corrected chi connectivity index (χ1v) is 18.9. The van der Waals surface area contributed by atoms with E-state index in [-0.39, 0.29) is 18.2 Å². The van der Waals surface area contributed by atoms with E-state index in [9.17, 15) is 0 Å². The minimum atomic E-state index is -0.380. The van der Waals surface area contributed by atoms with Crippen LogP contribution in [0.2, 0.25) is 0 Å². The largest absolute Gasteiger partial charge is 0.484 e. The SMILES string of the molecule is C1=CC2c3c(cccc3C3=NC(c4ccccc4)N=C(c4ccc5c(c4)sc4ccccc45)N3)OC2C(c2ccc3c(c2)sc2ccccc23)=C1. The van der Waals surface area contributed by atoms with Crippen LogP contribution in [0.4, 0.5) is 0 Å². The van der Waals surface area contributed by atoms with Crippen molar-refractivity contribution >= 4 is 80.3 Å². The highest BCUT2D eigenvalue weighted by molar-refractivity contribution is 7.26. The second-order valence-electron chi connectivity index (χ2n) is 13.3. The van der Waals surface area contributed by atoms with Crippen LogP contribution in [0.15, 0.2) is 162 Å². The molecule has 0 spiro atoms. The molecule has 0 amide bonds. The Balaban J connectivity index is 0.982. The van der Waals surface area contributed by atoms with E-state index in [4.69, 9.17) is 14.7 Å². The first-order chi connectivity index (χ1) is 25.2. The summed E-state index contributed by atoms with van der Waals surface area (Å²) in [7, 11) is 0. The van der Waals surface area contributed by atoms with Crippen LogP contribution in [0.5, 0.6) is 5.75 Å². The summed E-state index contributed by atoms with van der Waals surface area (Å²) in [6.45, 7) is 0. The molecule has 2 aliphatic heterocycles. The van der Waals surface area contributed by atoms with Crippen LogP contribution >= 0.6 is 22.7 Å². The summed E-state index contributed by atoms with van der Waals surface area (Å²) in [5.41, 5.74) is 6.70. The number of aliphatic imine (C=N–C) groups is 2. The minimum Gasteiger partial charge on any atom is -0.484 e. The van der Waals surface area contributed by atoms with Crippen LogP contribution in [0.25, 0.3) is 45.9 Å². The number of hydrogen-bond acceptors (Lipinski definition) is 6. The highest BCUT2D eigenvalue weighted by Gasteiger charge is 2.40. The number of benzene rings is 6. The van der Waals surface area contributed by atoms with Crippen molar-refractivity contribution in [1.82, 2.24) is 5.32 Å². The molecule has 0 radical (unpaired) electrons. The molecule has 4 nitrogen and oxygen atoms in total. The molecule has 3 aliphatic rings. The van der Waals surface area contributed by atoms with Crippen LogP contribution < -0.4 is 10.1 Å². The van der Waals surface area contributed by atoms with Gasteiger partial charge in [-0.3, -0.25) is 0 Å². The van der Waals surface area contributed by atoms with Gasteiger partial charge in [-0.1, -0.05) is 121 Å². The number of nitrogens with one attached hydrogen (secondary N) is 1. The van der Waals surface area contributed by atoms with E-state index in [2.05, 4.69) is 151 Å². The van der Waals surface area contributed by atoms with Gasteiger partial charge in [-0.2, -0.15) is 0 Å². The lowest BCUT2D eigenvalue weighted by Crippen LogP contribution is -2.36. The Morgan fingerprint density at radius 1 is 0.569 bits per heavy atom. The number of hydrogen-bond donors (Lipinski definition) is 1. The lowest BCUT2D eigenvalue weighted by atomic mass is 9.82. The summed E-state index contributed by atoms with van der Waals surface area (Å²) in [5, 5.41) is 8.88. The van der Waals surface area contributed by atoms with E-state index in [1.54, 1.807) is 0 Å². The average molecular weight is 692 g/mol. The Morgan fingerprint density at radius 2 is 1.22 bits per heavy atom. The fourth-order valence-corrected chi connectivity index (χ4v) is 10.2. The highest BCUT2D eigenvalue weighted by atomic mass is 32.1. The Bertz CT molecular complexity index is 2840. The fraction of sp³-hybridized carbons (Fsp3) is 0.0667. The second-order valence-corrected chi connectivity index (χ2v) is 15.4. The summed E-state index contributed by atoms with van der Waals surface area (Å²) in [6, 6.07) is 47.5. The standard InChI is InChI=1S/C45H29N3OS2/c1-2-10-26(11-3-1)43-46-44(28-21-23-33-31-13-5-7-19-38(31)51-40(33)25-28)48-45(47-43)35-16-9-17-36-41(35)34-15-8-14-29(42(34)49-36)27-20-22-32-30-12-4-6-18-37(30)50-39(32)24-27/h1-25,34,42-43H,(H,46,47,48). The maximum absolute atomic E-state index is 6.85. The Kier molecular flexibility index (Phi) is 6.45. The fourth-order valence-electron chi connectivity index (χ4n) is 7.93. The van der Waals surface area contributed by atoms with Crippen molar-refractivity contribution in [3.8, 4) is 5.75 Å². The van der Waals surface area contributed by atoms with Gasteiger partial charge in [0.1, 0.15) is 23.5 Å². The van der Waals surface area contributed by atoms with E-state index in [0.29, 0.717) is 0 Å². The van der Waals surface area contributed by atoms with Crippen molar-refractivity contribution in [2.24, 2.45) is 9.98 Å². The molecule has 6 heteroatoms. The lowest BCUT2D eigenvalue weighted by Gasteiger charge is -2.25. The molecule has 242 valence electrons. The van der Waals surface area contributed by atoms with Crippen LogP contribution in [-0.2, 0) is 0 Å². The first kappa shape index (κ1) is 29.0.